The number of rotatable bonds is 6. The average Bonchev–Trinajstić information content (AvgIpc) is 3.07. The number of hydrogen-bond donors (Lipinski definition) is 2. The van der Waals surface area contributed by atoms with Gasteiger partial charge in [-0.2, -0.15) is 0 Å². The van der Waals surface area contributed by atoms with Crippen LogP contribution >= 0.6 is 0 Å². The first-order chi connectivity index (χ1) is 9.99. The number of amides is 1. The van der Waals surface area contributed by atoms with E-state index in [1.54, 1.807) is 12.3 Å². The van der Waals surface area contributed by atoms with Crippen LogP contribution in [0.5, 0.6) is 0 Å². The molecule has 0 saturated heterocycles. The number of aliphatic hydroxyl groups excluding tert-OH is 1. The van der Waals surface area contributed by atoms with E-state index in [0.29, 0.717) is 18.0 Å². The monoisotopic (exact) mass is 293 g/mol. The number of aromatic nitrogens is 4. The summed E-state index contributed by atoms with van der Waals surface area (Å²) in [6.45, 7) is 5.80. The Morgan fingerprint density at radius 2 is 2.24 bits per heavy atom. The highest BCUT2D eigenvalue weighted by atomic mass is 16.5. The second-order valence-electron chi connectivity index (χ2n) is 5.08. The number of carbonyl (C=O) groups excluding carboxylic acids is 1. The Balaban J connectivity index is 1.93. The van der Waals surface area contributed by atoms with Crippen LogP contribution in [0, 0.1) is 0 Å². The molecule has 0 aliphatic heterocycles. The number of hydrogen-bond acceptors (Lipinski definition) is 6. The lowest BCUT2D eigenvalue weighted by Crippen LogP contribution is -2.18. The Morgan fingerprint density at radius 3 is 2.86 bits per heavy atom. The average molecular weight is 293 g/mol. The molecule has 1 unspecified atom stereocenters. The zero-order valence-corrected chi connectivity index (χ0v) is 12.3. The summed E-state index contributed by atoms with van der Waals surface area (Å²) in [4.78, 5) is 11.9. The summed E-state index contributed by atoms with van der Waals surface area (Å²) in [6, 6.07) is 1.69. The van der Waals surface area contributed by atoms with Gasteiger partial charge in [-0.1, -0.05) is 31.1 Å². The smallest absolute Gasteiger partial charge is 0.248 e. The van der Waals surface area contributed by atoms with E-state index in [-0.39, 0.29) is 18.4 Å². The second-order valence-corrected chi connectivity index (χ2v) is 5.08. The van der Waals surface area contributed by atoms with Crippen LogP contribution in [0.4, 0.5) is 5.88 Å². The highest BCUT2D eigenvalue weighted by Gasteiger charge is 2.13. The van der Waals surface area contributed by atoms with Gasteiger partial charge in [0.15, 0.2) is 0 Å². The molecule has 0 aliphatic carbocycles. The molecule has 1 atom stereocenters. The molecule has 114 valence electrons. The molecule has 1 amide bonds. The molecule has 2 aromatic rings. The minimum Gasteiger partial charge on any atom is -0.387 e. The zero-order chi connectivity index (χ0) is 15.4. The predicted octanol–water partition coefficient (Wildman–Crippen LogP) is 1.47. The first-order valence-electron chi connectivity index (χ1n) is 6.84. The van der Waals surface area contributed by atoms with Crippen molar-refractivity contribution in [3.8, 4) is 0 Å². The van der Waals surface area contributed by atoms with Gasteiger partial charge in [0.05, 0.1) is 18.0 Å². The molecule has 0 radical (unpaired) electrons. The van der Waals surface area contributed by atoms with Crippen molar-refractivity contribution in [3.05, 3.63) is 23.7 Å². The number of nitrogens with one attached hydrogen (secondary N) is 1. The third kappa shape index (κ3) is 3.88. The Morgan fingerprint density at radius 1 is 1.48 bits per heavy atom. The summed E-state index contributed by atoms with van der Waals surface area (Å²) >= 11 is 0. The summed E-state index contributed by atoms with van der Waals surface area (Å²) in [5.74, 6) is 0.231. The van der Waals surface area contributed by atoms with Gasteiger partial charge in [-0.3, -0.25) is 10.1 Å². The van der Waals surface area contributed by atoms with Crippen LogP contribution in [0.3, 0.4) is 0 Å². The molecule has 0 bridgehead atoms. The molecule has 2 N–H and O–H groups in total. The van der Waals surface area contributed by atoms with E-state index in [0.717, 1.165) is 5.69 Å². The molecule has 0 saturated carbocycles. The van der Waals surface area contributed by atoms with Crippen molar-refractivity contribution in [2.75, 3.05) is 5.32 Å². The molecule has 0 aromatic carbocycles. The first kappa shape index (κ1) is 15.2. The van der Waals surface area contributed by atoms with Crippen molar-refractivity contribution >= 4 is 11.8 Å². The maximum Gasteiger partial charge on any atom is 0.248 e. The molecular formula is C13H19N5O3. The van der Waals surface area contributed by atoms with Crippen LogP contribution < -0.4 is 5.32 Å². The van der Waals surface area contributed by atoms with Gasteiger partial charge in [0.2, 0.25) is 11.8 Å². The molecule has 0 aliphatic rings. The molecule has 2 aromatic heterocycles. The fourth-order valence-electron chi connectivity index (χ4n) is 1.70. The summed E-state index contributed by atoms with van der Waals surface area (Å²) in [5, 5.41) is 23.7. The lowest BCUT2D eigenvalue weighted by Gasteiger charge is -2.01. The van der Waals surface area contributed by atoms with E-state index in [9.17, 15) is 9.90 Å². The van der Waals surface area contributed by atoms with E-state index in [1.807, 2.05) is 20.8 Å². The van der Waals surface area contributed by atoms with Crippen molar-refractivity contribution in [1.29, 1.82) is 0 Å². The summed E-state index contributed by atoms with van der Waals surface area (Å²) in [5.41, 5.74) is 1.23. The molecule has 2 heterocycles. The molecular weight excluding hydrogens is 274 g/mol. The largest absolute Gasteiger partial charge is 0.387 e. The van der Waals surface area contributed by atoms with Crippen LogP contribution in [-0.2, 0) is 11.3 Å². The lowest BCUT2D eigenvalue weighted by atomic mass is 10.1. The highest BCUT2D eigenvalue weighted by Crippen LogP contribution is 2.17. The second kappa shape index (κ2) is 6.49. The lowest BCUT2D eigenvalue weighted by molar-refractivity contribution is -0.117. The molecule has 8 heteroatoms. The van der Waals surface area contributed by atoms with Crippen LogP contribution in [0.25, 0.3) is 0 Å². The van der Waals surface area contributed by atoms with Crippen LogP contribution in [0.1, 0.15) is 50.6 Å². The van der Waals surface area contributed by atoms with Crippen molar-refractivity contribution in [3.63, 3.8) is 0 Å². The Hall–Kier alpha value is -2.22. The normalized spacial score (nSPS) is 12.6. The van der Waals surface area contributed by atoms with Crippen molar-refractivity contribution in [1.82, 2.24) is 20.2 Å². The van der Waals surface area contributed by atoms with Crippen molar-refractivity contribution in [2.24, 2.45) is 0 Å². The van der Waals surface area contributed by atoms with Gasteiger partial charge in [-0.25, -0.2) is 4.68 Å². The van der Waals surface area contributed by atoms with E-state index in [1.165, 1.54) is 4.68 Å². The van der Waals surface area contributed by atoms with Gasteiger partial charge in [-0.05, 0) is 12.3 Å². The van der Waals surface area contributed by atoms with Crippen LogP contribution in [-0.4, -0.2) is 31.2 Å². The summed E-state index contributed by atoms with van der Waals surface area (Å²) in [6.07, 6.45) is 1.43. The SMILES string of the molecule is CCC(O)c1cn(CC(=O)Nc2cc(C(C)C)no2)nn1. The number of nitrogens with zero attached hydrogens (tertiary/aromatic N) is 4. The minimum atomic E-state index is -0.662. The van der Waals surface area contributed by atoms with Gasteiger partial charge in [0.25, 0.3) is 0 Å². The van der Waals surface area contributed by atoms with E-state index in [4.69, 9.17) is 4.52 Å². The van der Waals surface area contributed by atoms with Gasteiger partial charge in [-0.15, -0.1) is 5.10 Å². The first-order valence-corrected chi connectivity index (χ1v) is 6.84. The number of anilines is 1. The van der Waals surface area contributed by atoms with E-state index >= 15 is 0 Å². The highest BCUT2D eigenvalue weighted by molar-refractivity contribution is 5.89. The molecule has 8 nitrogen and oxygen atoms in total. The Bertz CT molecular complexity index is 604. The van der Waals surface area contributed by atoms with Gasteiger partial charge in [0.1, 0.15) is 12.2 Å². The predicted molar refractivity (Wildman–Crippen MR) is 74.5 cm³/mol. The maximum absolute atomic E-state index is 11.9. The van der Waals surface area contributed by atoms with Crippen LogP contribution in [0.2, 0.25) is 0 Å². The summed E-state index contributed by atoms with van der Waals surface area (Å²) in [7, 11) is 0. The maximum atomic E-state index is 11.9. The molecule has 21 heavy (non-hydrogen) atoms. The van der Waals surface area contributed by atoms with Crippen molar-refractivity contribution in [2.45, 2.75) is 45.8 Å². The van der Waals surface area contributed by atoms with Gasteiger partial charge >= 0.3 is 0 Å². The molecule has 0 spiro atoms. The van der Waals surface area contributed by atoms with E-state index < -0.39 is 6.10 Å². The van der Waals surface area contributed by atoms with Crippen molar-refractivity contribution < 1.29 is 14.4 Å². The summed E-state index contributed by atoms with van der Waals surface area (Å²) < 4.78 is 6.39. The minimum absolute atomic E-state index is 0.0128. The quantitative estimate of drug-likeness (QED) is 0.835. The zero-order valence-electron chi connectivity index (χ0n) is 12.3. The topological polar surface area (TPSA) is 106 Å². The van der Waals surface area contributed by atoms with Gasteiger partial charge < -0.3 is 9.63 Å². The third-order valence-electron chi connectivity index (χ3n) is 2.97. The standard InChI is InChI=1S/C13H19N5O3/c1-4-11(19)10-6-18(17-15-10)7-12(20)14-13-5-9(8(2)3)16-21-13/h5-6,8,11,19H,4,7H2,1-3H3,(H,14,20). The van der Waals surface area contributed by atoms with E-state index in [2.05, 4.69) is 20.8 Å². The van der Waals surface area contributed by atoms with Gasteiger partial charge in [0, 0.05) is 6.07 Å². The fourth-order valence-corrected chi connectivity index (χ4v) is 1.70. The number of aliphatic hydroxyl groups is 1. The molecule has 2 rings (SSSR count). The van der Waals surface area contributed by atoms with Crippen LogP contribution in [0.15, 0.2) is 16.8 Å². The third-order valence-corrected chi connectivity index (χ3v) is 2.97. The fraction of sp³-hybridized carbons (Fsp3) is 0.538. The Labute approximate surface area is 122 Å². The molecule has 0 fully saturated rings. The number of carbonyl (C=O) groups is 1. The Kier molecular flexibility index (Phi) is 4.69.